The molecule has 0 radical (unpaired) electrons. The fourth-order valence-electron chi connectivity index (χ4n) is 6.45. The van der Waals surface area contributed by atoms with Gasteiger partial charge in [-0.15, -0.1) is 0 Å². The highest BCUT2D eigenvalue weighted by molar-refractivity contribution is 6.18. The minimum atomic E-state index is -1.33. The number of rotatable bonds is 6. The molecular weight excluding hydrogens is 544 g/mol. The average Bonchev–Trinajstić information content (AvgIpc) is 3.52. The maximum atomic E-state index is 15.6. The molecule has 0 spiro atoms. The van der Waals surface area contributed by atoms with Gasteiger partial charge in [0.25, 0.3) is 0 Å². The molecule has 0 bridgehead atoms. The number of pyridine rings is 3. The van der Waals surface area contributed by atoms with Crippen molar-refractivity contribution in [1.82, 2.24) is 24.4 Å². The largest absolute Gasteiger partial charge is 0.477 e. The molecular formula is C30H31F2N7O3. The Bertz CT molecular complexity index is 1980. The lowest BCUT2D eigenvalue weighted by Crippen LogP contribution is -2.34. The number of nitrogens with zero attached hydrogens (tertiary/aromatic N) is 5. The highest BCUT2D eigenvalue weighted by Gasteiger charge is 2.37. The Morgan fingerprint density at radius 2 is 1.98 bits per heavy atom. The predicted molar refractivity (Wildman–Crippen MR) is 159 cm³/mol. The van der Waals surface area contributed by atoms with E-state index in [-0.39, 0.29) is 21.8 Å². The van der Waals surface area contributed by atoms with Gasteiger partial charge >= 0.3 is 5.97 Å². The Morgan fingerprint density at radius 3 is 2.67 bits per heavy atom. The van der Waals surface area contributed by atoms with E-state index >= 15 is 4.39 Å². The predicted octanol–water partition coefficient (Wildman–Crippen LogP) is 4.43. The van der Waals surface area contributed by atoms with Crippen LogP contribution in [-0.2, 0) is 7.05 Å². The quantitative estimate of drug-likeness (QED) is 0.272. The fourth-order valence-corrected chi connectivity index (χ4v) is 6.45. The number of benzene rings is 1. The lowest BCUT2D eigenvalue weighted by atomic mass is 9.89. The Labute approximate surface area is 239 Å². The van der Waals surface area contributed by atoms with Crippen molar-refractivity contribution in [3.05, 3.63) is 58.1 Å². The third kappa shape index (κ3) is 4.25. The van der Waals surface area contributed by atoms with Crippen molar-refractivity contribution >= 4 is 50.3 Å². The Balaban J connectivity index is 1.68. The van der Waals surface area contributed by atoms with Gasteiger partial charge in [-0.1, -0.05) is 6.92 Å². The van der Waals surface area contributed by atoms with Crippen LogP contribution in [0.15, 0.2) is 35.5 Å². The normalized spacial score (nSPS) is 17.3. The van der Waals surface area contributed by atoms with E-state index in [9.17, 15) is 19.1 Å². The van der Waals surface area contributed by atoms with E-state index in [1.165, 1.54) is 10.8 Å². The van der Waals surface area contributed by atoms with Gasteiger partial charge < -0.3 is 29.8 Å². The van der Waals surface area contributed by atoms with E-state index in [4.69, 9.17) is 0 Å². The molecule has 1 unspecified atom stereocenters. The van der Waals surface area contributed by atoms with Crippen LogP contribution >= 0.6 is 0 Å². The number of aromatic amines is 1. The minimum Gasteiger partial charge on any atom is -0.477 e. The first-order chi connectivity index (χ1) is 19.9. The van der Waals surface area contributed by atoms with Crippen molar-refractivity contribution in [2.45, 2.75) is 13.3 Å². The van der Waals surface area contributed by atoms with E-state index in [1.807, 2.05) is 14.1 Å². The molecule has 42 heavy (non-hydrogen) atoms. The molecule has 1 saturated heterocycles. The maximum absolute atomic E-state index is 15.6. The molecule has 1 fully saturated rings. The zero-order valence-electron chi connectivity index (χ0n) is 24.0. The summed E-state index contributed by atoms with van der Waals surface area (Å²) < 4.78 is 32.0. The molecule has 12 heteroatoms. The van der Waals surface area contributed by atoms with Crippen LogP contribution in [0.4, 0.5) is 20.2 Å². The average molecular weight is 576 g/mol. The molecule has 3 N–H and O–H groups in total. The number of aryl methyl sites for hydroxylation is 1. The number of hydrogen-bond donors (Lipinski definition) is 3. The summed E-state index contributed by atoms with van der Waals surface area (Å²) in [6, 6.07) is 2.71. The molecule has 1 aromatic carbocycles. The van der Waals surface area contributed by atoms with E-state index in [0.717, 1.165) is 19.0 Å². The summed E-state index contributed by atoms with van der Waals surface area (Å²) in [7, 11) is 7.30. The fraction of sp³-hybridized carbons (Fsp3) is 0.333. The Morgan fingerprint density at radius 1 is 1.21 bits per heavy atom. The van der Waals surface area contributed by atoms with Crippen LogP contribution in [0.25, 0.3) is 44.1 Å². The minimum absolute atomic E-state index is 0.0730. The van der Waals surface area contributed by atoms with Crippen LogP contribution in [0.1, 0.15) is 23.7 Å². The summed E-state index contributed by atoms with van der Waals surface area (Å²) in [5.41, 5.74) is 2.13. The second-order valence-corrected chi connectivity index (χ2v) is 11.7. The molecule has 0 aliphatic carbocycles. The van der Waals surface area contributed by atoms with E-state index in [0.29, 0.717) is 57.8 Å². The topological polar surface area (TPSA) is 119 Å². The smallest absolute Gasteiger partial charge is 0.341 e. The van der Waals surface area contributed by atoms with Crippen LogP contribution < -0.4 is 15.6 Å². The molecule has 218 valence electrons. The first kappa shape index (κ1) is 27.6. The summed E-state index contributed by atoms with van der Waals surface area (Å²) in [4.78, 5) is 41.5. The number of nitrogens with one attached hydrogen (secondary N) is 2. The summed E-state index contributed by atoms with van der Waals surface area (Å²) in [6.07, 6.45) is 5.34. The van der Waals surface area contributed by atoms with Gasteiger partial charge in [-0.2, -0.15) is 0 Å². The van der Waals surface area contributed by atoms with E-state index in [2.05, 4.69) is 37.0 Å². The molecule has 0 saturated carbocycles. The number of aromatic carboxylic acids is 1. The lowest BCUT2D eigenvalue weighted by molar-refractivity contribution is 0.0695. The number of halogens is 2. The number of hydrogen-bond acceptors (Lipinski definition) is 7. The first-order valence-electron chi connectivity index (χ1n) is 13.6. The molecule has 5 heterocycles. The molecule has 10 nitrogen and oxygen atoms in total. The molecule has 1 aliphatic heterocycles. The molecule has 0 amide bonds. The standard InChI is InChI=1S/C30H31F2N7O3/c1-30(13-37(3)4)6-7-39(14-30)25-17(15-8-16-26(40)18(29(41)42)12-38(5)28(16)35-10-15)11-34-27-22(25)21-23(32)19(31)9-20(33-2)24(21)36-27/h8-12,33H,6-7,13-14H2,1-5H3,(H,34,36)(H,41,42). The number of carboxylic acids is 1. The van der Waals surface area contributed by atoms with Gasteiger partial charge in [0.05, 0.1) is 33.1 Å². The SMILES string of the molecule is CNc1cc(F)c(F)c2c1[nH]c1ncc(-c3cnc4c(c3)c(=O)c(C(=O)O)cn4C)c(N3CCC(C)(CN(C)C)C3)c12. The monoisotopic (exact) mass is 575 g/mol. The molecule has 1 aliphatic rings. The van der Waals surface area contributed by atoms with Gasteiger partial charge in [-0.3, -0.25) is 4.79 Å². The first-order valence-corrected chi connectivity index (χ1v) is 13.6. The molecule has 1 atom stereocenters. The molecule has 4 aromatic heterocycles. The van der Waals surface area contributed by atoms with Crippen molar-refractivity contribution in [3.63, 3.8) is 0 Å². The van der Waals surface area contributed by atoms with Gasteiger partial charge in [-0.05, 0) is 32.0 Å². The van der Waals surface area contributed by atoms with Crippen LogP contribution in [0.2, 0.25) is 0 Å². The van der Waals surface area contributed by atoms with Gasteiger partial charge in [0, 0.05) is 69.5 Å². The van der Waals surface area contributed by atoms with Gasteiger partial charge in [0.2, 0.25) is 5.43 Å². The number of carboxylic acid groups (broad SMARTS) is 1. The van der Waals surface area contributed by atoms with Crippen molar-refractivity contribution in [2.75, 3.05) is 51.0 Å². The summed E-state index contributed by atoms with van der Waals surface area (Å²) in [5, 5.41) is 13.2. The van der Waals surface area contributed by atoms with Crippen molar-refractivity contribution in [2.24, 2.45) is 12.5 Å². The second kappa shape index (κ2) is 9.76. The van der Waals surface area contributed by atoms with Gasteiger partial charge in [0.15, 0.2) is 11.6 Å². The zero-order valence-corrected chi connectivity index (χ0v) is 24.0. The Hall–Kier alpha value is -4.58. The maximum Gasteiger partial charge on any atom is 0.341 e. The molecule has 5 aromatic rings. The highest BCUT2D eigenvalue weighted by Crippen LogP contribution is 2.46. The molecule has 6 rings (SSSR count). The number of H-pyrrole nitrogens is 1. The van der Waals surface area contributed by atoms with Crippen molar-refractivity contribution in [3.8, 4) is 11.1 Å². The van der Waals surface area contributed by atoms with Crippen molar-refractivity contribution < 1.29 is 18.7 Å². The number of fused-ring (bicyclic) bond motifs is 4. The Kier molecular flexibility index (Phi) is 6.41. The second-order valence-electron chi connectivity index (χ2n) is 11.7. The lowest BCUT2D eigenvalue weighted by Gasteiger charge is -2.29. The third-order valence-corrected chi connectivity index (χ3v) is 8.16. The van der Waals surface area contributed by atoms with Gasteiger partial charge in [0.1, 0.15) is 16.9 Å². The van der Waals surface area contributed by atoms with E-state index < -0.39 is 23.0 Å². The summed E-state index contributed by atoms with van der Waals surface area (Å²) in [5.74, 6) is -3.30. The van der Waals surface area contributed by atoms with Crippen LogP contribution in [0, 0.1) is 17.0 Å². The summed E-state index contributed by atoms with van der Waals surface area (Å²) in [6.45, 7) is 4.34. The third-order valence-electron chi connectivity index (χ3n) is 8.16. The van der Waals surface area contributed by atoms with Crippen LogP contribution in [-0.4, -0.2) is 76.3 Å². The van der Waals surface area contributed by atoms with Crippen molar-refractivity contribution in [1.29, 1.82) is 0 Å². The van der Waals surface area contributed by atoms with E-state index in [1.54, 1.807) is 32.6 Å². The highest BCUT2D eigenvalue weighted by atomic mass is 19.2. The van der Waals surface area contributed by atoms with Crippen LogP contribution in [0.3, 0.4) is 0 Å². The number of anilines is 2. The number of aromatic nitrogens is 4. The summed E-state index contributed by atoms with van der Waals surface area (Å²) >= 11 is 0. The zero-order chi connectivity index (χ0) is 30.1. The number of carbonyl (C=O) groups is 1. The van der Waals surface area contributed by atoms with Gasteiger partial charge in [-0.25, -0.2) is 23.5 Å². The van der Waals surface area contributed by atoms with Crippen LogP contribution in [0.5, 0.6) is 0 Å².